The molecule has 0 radical (unpaired) electrons. The molecule has 0 aliphatic heterocycles. The van der Waals surface area contributed by atoms with E-state index in [1.807, 2.05) is 20.8 Å². The number of rotatable bonds is 4. The van der Waals surface area contributed by atoms with Crippen LogP contribution in [0, 0.1) is 20.2 Å². The van der Waals surface area contributed by atoms with Crippen molar-refractivity contribution in [1.82, 2.24) is 0 Å². The van der Waals surface area contributed by atoms with Gasteiger partial charge in [0.15, 0.2) is 0 Å². The Labute approximate surface area is 104 Å². The van der Waals surface area contributed by atoms with E-state index in [0.29, 0.717) is 19.3 Å². The lowest BCUT2D eigenvalue weighted by Crippen LogP contribution is -2.40. The summed E-state index contributed by atoms with van der Waals surface area (Å²) in [7, 11) is 0. The number of aliphatic hydroxyl groups excluding tert-OH is 1. The average Bonchev–Trinajstić information content (AvgIpc) is 2.25. The zero-order valence-electron chi connectivity index (χ0n) is 10.5. The molecule has 18 heavy (non-hydrogen) atoms. The highest BCUT2D eigenvalue weighted by Crippen LogP contribution is 2.21. The maximum atomic E-state index is 9.65. The average molecular weight is 272 g/mol. The van der Waals surface area contributed by atoms with E-state index in [0.717, 1.165) is 0 Å². The van der Waals surface area contributed by atoms with Crippen LogP contribution in [-0.4, -0.2) is 42.5 Å². The van der Waals surface area contributed by atoms with E-state index >= 15 is 0 Å². The van der Waals surface area contributed by atoms with Crippen LogP contribution in [0.25, 0.3) is 0 Å². The fraction of sp³-hybridized carbons (Fsp3) is 1.00. The van der Waals surface area contributed by atoms with Crippen molar-refractivity contribution < 1.29 is 30.8 Å². The van der Waals surface area contributed by atoms with Crippen molar-refractivity contribution in [2.45, 2.75) is 51.7 Å². The Bertz CT molecular complexity index is 211. The molecular formula is C8H20N2O8. The smallest absolute Gasteiger partial charge is 0.291 e. The molecule has 0 saturated carbocycles. The van der Waals surface area contributed by atoms with E-state index < -0.39 is 21.9 Å². The van der Waals surface area contributed by atoms with E-state index in [4.69, 9.17) is 30.6 Å². The van der Waals surface area contributed by atoms with Gasteiger partial charge in [-0.15, -0.1) is 20.2 Å². The topological polar surface area (TPSA) is 167 Å². The molecule has 0 aliphatic carbocycles. The summed E-state index contributed by atoms with van der Waals surface area (Å²) in [6.07, 6.45) is 1.30. The Morgan fingerprint density at radius 3 is 1.33 bits per heavy atom. The molecule has 0 heterocycles. The summed E-state index contributed by atoms with van der Waals surface area (Å²) in [5.41, 5.74) is -0.852. The molecule has 0 saturated heterocycles. The molecule has 0 amide bonds. The molecule has 10 heteroatoms. The number of hydrogen-bond acceptors (Lipinski definition) is 6. The molecule has 0 rings (SSSR count). The first kappa shape index (κ1) is 21.6. The van der Waals surface area contributed by atoms with Crippen molar-refractivity contribution in [3.05, 3.63) is 20.2 Å². The highest BCUT2D eigenvalue weighted by atomic mass is 16.9. The molecule has 110 valence electrons. The van der Waals surface area contributed by atoms with Crippen LogP contribution in [-0.2, 0) is 0 Å². The van der Waals surface area contributed by atoms with Gasteiger partial charge in [0.25, 0.3) is 10.2 Å². The van der Waals surface area contributed by atoms with Gasteiger partial charge in [-0.2, -0.15) is 0 Å². The second-order valence-corrected chi connectivity index (χ2v) is 3.21. The normalized spacial score (nSPS) is 11.2. The molecule has 0 spiro atoms. The van der Waals surface area contributed by atoms with Crippen LogP contribution in [0.4, 0.5) is 0 Å². The highest BCUT2D eigenvalue weighted by Gasteiger charge is 2.29. The molecule has 0 aromatic carbocycles. The van der Waals surface area contributed by atoms with E-state index in [1.165, 1.54) is 0 Å². The SMILES string of the molecule is CCC(O)C(O)(CC)CC.O=[N+]([O-])O.O=[N+]([O-])O. The maximum Gasteiger partial charge on any atom is 0.291 e. The minimum absolute atomic E-state index is 0.567. The first-order valence-electron chi connectivity index (χ1n) is 5.14. The monoisotopic (exact) mass is 272 g/mol. The van der Waals surface area contributed by atoms with Crippen LogP contribution >= 0.6 is 0 Å². The Morgan fingerprint density at radius 2 is 1.28 bits per heavy atom. The van der Waals surface area contributed by atoms with Crippen molar-refractivity contribution in [2.24, 2.45) is 0 Å². The largest absolute Gasteiger partial charge is 0.390 e. The van der Waals surface area contributed by atoms with Crippen LogP contribution in [0.2, 0.25) is 0 Å². The lowest BCUT2D eigenvalue weighted by Gasteiger charge is -2.30. The van der Waals surface area contributed by atoms with Gasteiger partial charge in [-0.05, 0) is 19.3 Å². The van der Waals surface area contributed by atoms with Gasteiger partial charge >= 0.3 is 0 Å². The number of nitrogens with zero attached hydrogens (tertiary/aromatic N) is 2. The van der Waals surface area contributed by atoms with Gasteiger partial charge < -0.3 is 20.6 Å². The first-order valence-corrected chi connectivity index (χ1v) is 5.14. The third kappa shape index (κ3) is 16.7. The summed E-state index contributed by atoms with van der Waals surface area (Å²) < 4.78 is 0. The van der Waals surface area contributed by atoms with Crippen molar-refractivity contribution in [1.29, 1.82) is 0 Å². The molecular weight excluding hydrogens is 252 g/mol. The third-order valence-electron chi connectivity index (χ3n) is 2.23. The molecule has 1 atom stereocenters. The summed E-state index contributed by atoms with van der Waals surface area (Å²) in [6, 6.07) is 0. The summed E-state index contributed by atoms with van der Waals surface area (Å²) in [5.74, 6) is 0. The first-order chi connectivity index (χ1) is 8.07. The van der Waals surface area contributed by atoms with Crippen LogP contribution < -0.4 is 0 Å². The molecule has 0 aliphatic rings. The molecule has 10 nitrogen and oxygen atoms in total. The van der Waals surface area contributed by atoms with E-state index in [1.54, 1.807) is 0 Å². The van der Waals surface area contributed by atoms with E-state index in [-0.39, 0.29) is 0 Å². The van der Waals surface area contributed by atoms with Gasteiger partial charge in [0.1, 0.15) is 0 Å². The van der Waals surface area contributed by atoms with Crippen LogP contribution in [0.15, 0.2) is 0 Å². The fourth-order valence-electron chi connectivity index (χ4n) is 1.10. The van der Waals surface area contributed by atoms with Gasteiger partial charge in [-0.3, -0.25) is 0 Å². The third-order valence-corrected chi connectivity index (χ3v) is 2.23. The summed E-state index contributed by atoms with van der Waals surface area (Å²) in [4.78, 5) is 16.7. The molecule has 4 N–H and O–H groups in total. The Hall–Kier alpha value is -1.68. The summed E-state index contributed by atoms with van der Waals surface area (Å²) >= 11 is 0. The maximum absolute atomic E-state index is 9.65. The van der Waals surface area contributed by atoms with Gasteiger partial charge in [-0.25, -0.2) is 0 Å². The standard InChI is InChI=1S/C8H18O2.2HNO3/c1-4-7(9)8(10,5-2)6-3;2*2-1(3)4/h7,9-10H,4-6H2,1-3H3;2*(H,2,3,4). The van der Waals surface area contributed by atoms with Crippen molar-refractivity contribution in [3.63, 3.8) is 0 Å². The second-order valence-electron chi connectivity index (χ2n) is 3.21. The zero-order chi connectivity index (χ0) is 15.4. The molecule has 1 unspecified atom stereocenters. The molecule has 0 fully saturated rings. The van der Waals surface area contributed by atoms with Gasteiger partial charge in [-0.1, -0.05) is 20.8 Å². The second kappa shape index (κ2) is 11.8. The lowest BCUT2D eigenvalue weighted by molar-refractivity contribution is -0.742. The molecule has 0 bridgehead atoms. The van der Waals surface area contributed by atoms with Crippen molar-refractivity contribution in [2.75, 3.05) is 0 Å². The number of hydrogen-bond donors (Lipinski definition) is 4. The lowest BCUT2D eigenvalue weighted by atomic mass is 9.89. The zero-order valence-corrected chi connectivity index (χ0v) is 10.5. The molecule has 0 aromatic heterocycles. The quantitative estimate of drug-likeness (QED) is 0.426. The Morgan fingerprint density at radius 1 is 1.06 bits per heavy atom. The molecule has 0 aromatic rings. The highest BCUT2D eigenvalue weighted by molar-refractivity contribution is 4.82. The minimum Gasteiger partial charge on any atom is -0.390 e. The predicted molar refractivity (Wildman–Crippen MR) is 59.4 cm³/mol. The summed E-state index contributed by atoms with van der Waals surface area (Å²) in [6.45, 7) is 5.66. The fourth-order valence-corrected chi connectivity index (χ4v) is 1.10. The van der Waals surface area contributed by atoms with E-state index in [2.05, 4.69) is 0 Å². The minimum atomic E-state index is -1.50. The number of aliphatic hydroxyl groups is 2. The van der Waals surface area contributed by atoms with Crippen molar-refractivity contribution in [3.8, 4) is 0 Å². The predicted octanol–water partition coefficient (Wildman–Crippen LogP) is 0.613. The van der Waals surface area contributed by atoms with Crippen molar-refractivity contribution >= 4 is 0 Å². The Balaban J connectivity index is -0.000000233. The Kier molecular flexibility index (Phi) is 14.1. The summed E-state index contributed by atoms with van der Waals surface area (Å²) in [5, 5.41) is 46.3. The van der Waals surface area contributed by atoms with Crippen LogP contribution in [0.5, 0.6) is 0 Å². The van der Waals surface area contributed by atoms with Gasteiger partial charge in [0, 0.05) is 0 Å². The van der Waals surface area contributed by atoms with E-state index in [9.17, 15) is 10.2 Å². The van der Waals surface area contributed by atoms with Gasteiger partial charge in [0.05, 0.1) is 11.7 Å². The van der Waals surface area contributed by atoms with Crippen LogP contribution in [0.1, 0.15) is 40.0 Å². The van der Waals surface area contributed by atoms with Crippen LogP contribution in [0.3, 0.4) is 0 Å². The van der Waals surface area contributed by atoms with Gasteiger partial charge in [0.2, 0.25) is 0 Å².